The van der Waals surface area contributed by atoms with Crippen LogP contribution in [0.3, 0.4) is 0 Å². The molecule has 0 aromatic carbocycles. The first-order valence-corrected chi connectivity index (χ1v) is 7.74. The van der Waals surface area contributed by atoms with Crippen molar-refractivity contribution in [1.29, 1.82) is 0 Å². The Hall–Kier alpha value is -0.970. The average molecular weight is 455 g/mol. The smallest absolute Gasteiger partial charge is 0.323 e. The number of hydrogen-bond donors (Lipinski definition) is 2. The minimum absolute atomic E-state index is 0.0626. The Balaban J connectivity index is 0. The predicted molar refractivity (Wildman–Crippen MR) is 66.5 cm³/mol. The van der Waals surface area contributed by atoms with E-state index in [1.54, 1.807) is 0 Å². The molecule has 27 heavy (non-hydrogen) atoms. The molecule has 0 aromatic heterocycles. The van der Waals surface area contributed by atoms with Crippen molar-refractivity contribution in [2.24, 2.45) is 0 Å². The van der Waals surface area contributed by atoms with E-state index in [0.29, 0.717) is 0 Å². The van der Waals surface area contributed by atoms with Gasteiger partial charge >= 0.3 is 45.0 Å². The molecule has 0 saturated heterocycles. The van der Waals surface area contributed by atoms with E-state index in [2.05, 4.69) is 5.32 Å². The molecule has 0 bridgehead atoms. The van der Waals surface area contributed by atoms with E-state index in [1.807, 2.05) is 14.1 Å². The zero-order valence-corrected chi connectivity index (χ0v) is 14.2. The van der Waals surface area contributed by atoms with E-state index in [0.717, 1.165) is 0 Å². The van der Waals surface area contributed by atoms with Crippen molar-refractivity contribution < 1.29 is 65.7 Å². The summed E-state index contributed by atoms with van der Waals surface area (Å²) in [6.07, 6.45) is -2.29. The summed E-state index contributed by atoms with van der Waals surface area (Å²) in [4.78, 5) is 0. The summed E-state index contributed by atoms with van der Waals surface area (Å²) in [5.74, 6) is -37.1. The first kappa shape index (κ1) is 28.2. The number of rotatable bonds is 7. The maximum atomic E-state index is 13.0. The van der Waals surface area contributed by atoms with Gasteiger partial charge in [-0.05, 0) is 14.1 Å². The molecular weight excluding hydrogens is 442 g/mol. The maximum Gasteiger partial charge on any atom is 0.438 e. The molecule has 166 valence electrons. The highest BCUT2D eigenvalue weighted by atomic mass is 32.2. The predicted octanol–water partition coefficient (Wildman–Crippen LogP) is 3.89. The minimum Gasteiger partial charge on any atom is -0.323 e. The van der Waals surface area contributed by atoms with E-state index < -0.39 is 51.4 Å². The van der Waals surface area contributed by atoms with Gasteiger partial charge in [-0.15, -0.1) is 0 Å². The second kappa shape index (κ2) is 7.81. The summed E-state index contributed by atoms with van der Waals surface area (Å²) >= 11 is 0. The largest absolute Gasteiger partial charge is 0.438 e. The Labute approximate surface area is 144 Å². The fourth-order valence-corrected chi connectivity index (χ4v) is 1.64. The standard InChI is InChI=1S/C8H6F12O3S.C2H7N/c1-2-3(9,10)4(11,12)5(13,14)6(15,16)7(17,18)8(19,20)24(21,22)23;1-3-2/h2H2,1H3,(H,21,22,23);3H,1-2H3. The van der Waals surface area contributed by atoms with Crippen LogP contribution < -0.4 is 5.32 Å². The van der Waals surface area contributed by atoms with Crippen molar-refractivity contribution in [2.75, 3.05) is 14.1 Å². The topological polar surface area (TPSA) is 66.4 Å². The highest BCUT2D eigenvalue weighted by molar-refractivity contribution is 7.87. The van der Waals surface area contributed by atoms with E-state index >= 15 is 0 Å². The molecular formula is C10H13F12NO3S. The lowest BCUT2D eigenvalue weighted by molar-refractivity contribution is -0.417. The van der Waals surface area contributed by atoms with Gasteiger partial charge in [0.15, 0.2) is 0 Å². The molecule has 0 aliphatic heterocycles. The summed E-state index contributed by atoms with van der Waals surface area (Å²) in [5, 5.41) is -4.65. The molecule has 0 unspecified atom stereocenters. The Morgan fingerprint density at radius 1 is 0.704 bits per heavy atom. The third-order valence-electron chi connectivity index (χ3n) is 2.78. The highest BCUT2D eigenvalue weighted by Crippen LogP contribution is 2.61. The first-order valence-electron chi connectivity index (χ1n) is 6.30. The van der Waals surface area contributed by atoms with Gasteiger partial charge in [-0.3, -0.25) is 4.55 Å². The minimum atomic E-state index is -8.01. The van der Waals surface area contributed by atoms with Crippen LogP contribution in [-0.4, -0.2) is 61.9 Å². The quantitative estimate of drug-likeness (QED) is 0.452. The molecule has 0 saturated carbocycles. The van der Waals surface area contributed by atoms with E-state index in [1.165, 1.54) is 0 Å². The second-order valence-electron chi connectivity index (χ2n) is 4.85. The summed E-state index contributed by atoms with van der Waals surface area (Å²) < 4.78 is 182. The lowest BCUT2D eigenvalue weighted by Gasteiger charge is -2.40. The van der Waals surface area contributed by atoms with Gasteiger partial charge in [-0.25, -0.2) is 0 Å². The number of alkyl halides is 12. The molecule has 0 aliphatic carbocycles. The van der Waals surface area contributed by atoms with E-state index in [4.69, 9.17) is 4.55 Å². The molecule has 0 rings (SSSR count). The van der Waals surface area contributed by atoms with Crippen LogP contribution in [0.5, 0.6) is 0 Å². The fourth-order valence-electron chi connectivity index (χ4n) is 1.19. The summed E-state index contributed by atoms with van der Waals surface area (Å²) in [6.45, 7) is 0.0626. The third-order valence-corrected chi connectivity index (χ3v) is 3.68. The van der Waals surface area contributed by atoms with Gasteiger partial charge in [0.05, 0.1) is 0 Å². The van der Waals surface area contributed by atoms with Gasteiger partial charge in [0, 0.05) is 6.42 Å². The lowest BCUT2D eigenvalue weighted by Crippen LogP contribution is -2.71. The van der Waals surface area contributed by atoms with Gasteiger partial charge in [0.2, 0.25) is 0 Å². The average Bonchev–Trinajstić information content (AvgIpc) is 2.45. The SMILES string of the molecule is CCC(F)(F)C(F)(F)C(F)(F)C(F)(F)C(F)(F)C(F)(F)S(=O)(=O)O.CNC. The molecule has 0 aliphatic rings. The second-order valence-corrected chi connectivity index (χ2v) is 6.31. The third kappa shape index (κ3) is 4.23. The van der Waals surface area contributed by atoms with Crippen molar-refractivity contribution in [2.45, 2.75) is 48.2 Å². The molecule has 0 aromatic rings. The molecule has 0 amide bonds. The molecule has 0 fully saturated rings. The number of halogens is 12. The Morgan fingerprint density at radius 2 is 0.963 bits per heavy atom. The van der Waals surface area contributed by atoms with Gasteiger partial charge in [0.1, 0.15) is 0 Å². The van der Waals surface area contributed by atoms with E-state index in [9.17, 15) is 61.1 Å². The zero-order chi connectivity index (χ0) is 22.9. The lowest BCUT2D eigenvalue weighted by atomic mass is 9.93. The van der Waals surface area contributed by atoms with Crippen LogP contribution in [0, 0.1) is 0 Å². The normalized spacial score (nSPS) is 15.3. The zero-order valence-electron chi connectivity index (χ0n) is 13.4. The van der Waals surface area contributed by atoms with Gasteiger partial charge < -0.3 is 5.32 Å². The van der Waals surface area contributed by atoms with Gasteiger partial charge in [-0.1, -0.05) is 6.92 Å². The number of nitrogens with one attached hydrogen (secondary N) is 1. The summed E-state index contributed by atoms with van der Waals surface area (Å²) in [6, 6.07) is 0. The van der Waals surface area contributed by atoms with Crippen LogP contribution in [-0.2, 0) is 10.1 Å². The fraction of sp³-hybridized carbons (Fsp3) is 1.00. The molecule has 0 atom stereocenters. The molecule has 0 heterocycles. The van der Waals surface area contributed by atoms with Crippen molar-refractivity contribution in [3.05, 3.63) is 0 Å². The van der Waals surface area contributed by atoms with Crippen molar-refractivity contribution >= 4 is 10.1 Å². The monoisotopic (exact) mass is 455 g/mol. The highest BCUT2D eigenvalue weighted by Gasteiger charge is 2.91. The molecule has 0 spiro atoms. The van der Waals surface area contributed by atoms with Crippen molar-refractivity contribution in [1.82, 2.24) is 5.32 Å². The van der Waals surface area contributed by atoms with Crippen LogP contribution in [0.4, 0.5) is 52.7 Å². The Bertz CT molecular complexity index is 605. The van der Waals surface area contributed by atoms with Crippen LogP contribution in [0.15, 0.2) is 0 Å². The van der Waals surface area contributed by atoms with Gasteiger partial charge in [0.25, 0.3) is 0 Å². The Morgan fingerprint density at radius 3 is 1.19 bits per heavy atom. The van der Waals surface area contributed by atoms with Crippen LogP contribution in [0.1, 0.15) is 13.3 Å². The number of hydrogen-bond acceptors (Lipinski definition) is 3. The van der Waals surface area contributed by atoms with Crippen LogP contribution in [0.2, 0.25) is 0 Å². The molecule has 0 radical (unpaired) electrons. The Kier molecular flexibility index (Phi) is 8.16. The maximum absolute atomic E-state index is 13.0. The van der Waals surface area contributed by atoms with E-state index in [-0.39, 0.29) is 6.92 Å². The summed E-state index contributed by atoms with van der Waals surface area (Å²) in [5.41, 5.74) is 0. The van der Waals surface area contributed by atoms with Crippen molar-refractivity contribution in [3.63, 3.8) is 0 Å². The molecule has 2 N–H and O–H groups in total. The van der Waals surface area contributed by atoms with Gasteiger partial charge in [-0.2, -0.15) is 61.1 Å². The van der Waals surface area contributed by atoms with Crippen LogP contribution in [0.25, 0.3) is 0 Å². The van der Waals surface area contributed by atoms with Crippen LogP contribution >= 0.6 is 0 Å². The van der Waals surface area contributed by atoms with Crippen molar-refractivity contribution in [3.8, 4) is 0 Å². The first-order chi connectivity index (χ1) is 11.5. The molecule has 17 heteroatoms. The summed E-state index contributed by atoms with van der Waals surface area (Å²) in [7, 11) is -3.77. The molecule has 4 nitrogen and oxygen atoms in total.